The predicted molar refractivity (Wildman–Crippen MR) is 79.7 cm³/mol. The largest absolute Gasteiger partial charge is 0.324 e. The van der Waals surface area contributed by atoms with Gasteiger partial charge in [-0.1, -0.05) is 13.3 Å². The van der Waals surface area contributed by atoms with Gasteiger partial charge in [0.1, 0.15) is 5.69 Å². The maximum Gasteiger partial charge on any atom is 0.244 e. The lowest BCUT2D eigenvalue weighted by Crippen LogP contribution is -2.48. The summed E-state index contributed by atoms with van der Waals surface area (Å²) in [5.41, 5.74) is 5.67. The molecule has 1 aromatic heterocycles. The van der Waals surface area contributed by atoms with Crippen molar-refractivity contribution in [2.24, 2.45) is 5.73 Å². The van der Waals surface area contributed by atoms with Crippen LogP contribution >= 0.6 is 0 Å². The van der Waals surface area contributed by atoms with Crippen LogP contribution in [0.25, 0.3) is 5.69 Å². The number of carbonyl (C=O) groups excluding carboxylic acids is 1. The highest BCUT2D eigenvalue weighted by Crippen LogP contribution is 2.19. The van der Waals surface area contributed by atoms with Crippen molar-refractivity contribution in [1.29, 1.82) is 0 Å². The fraction of sp³-hybridized carbons (Fsp3) is 0.333. The lowest BCUT2D eigenvalue weighted by molar-refractivity contribution is -0.120. The van der Waals surface area contributed by atoms with E-state index in [9.17, 15) is 9.18 Å². The minimum absolute atomic E-state index is 0.321. The molecule has 3 N–H and O–H groups in total. The molecule has 1 aromatic carbocycles. The summed E-state index contributed by atoms with van der Waals surface area (Å²) in [6.07, 6.45) is 4.58. The zero-order valence-corrected chi connectivity index (χ0v) is 12.1. The summed E-state index contributed by atoms with van der Waals surface area (Å²) >= 11 is 0. The van der Waals surface area contributed by atoms with Crippen LogP contribution in [0.1, 0.15) is 26.7 Å². The molecule has 1 unspecified atom stereocenters. The first-order valence-electron chi connectivity index (χ1n) is 6.84. The number of halogens is 1. The van der Waals surface area contributed by atoms with Crippen molar-refractivity contribution in [1.82, 2.24) is 9.78 Å². The van der Waals surface area contributed by atoms with E-state index in [0.29, 0.717) is 17.8 Å². The van der Waals surface area contributed by atoms with E-state index in [-0.39, 0.29) is 5.91 Å². The molecular formula is C15H19FN4O. The average Bonchev–Trinajstić information content (AvgIpc) is 2.92. The van der Waals surface area contributed by atoms with Crippen LogP contribution in [-0.4, -0.2) is 21.2 Å². The summed E-state index contributed by atoms with van der Waals surface area (Å²) in [6, 6.07) is 6.16. The Morgan fingerprint density at radius 3 is 2.86 bits per heavy atom. The van der Waals surface area contributed by atoms with Gasteiger partial charge in [0.25, 0.3) is 0 Å². The molecule has 5 nitrogen and oxygen atoms in total. The molecule has 0 spiro atoms. The van der Waals surface area contributed by atoms with E-state index in [1.165, 1.54) is 10.7 Å². The molecule has 1 atom stereocenters. The van der Waals surface area contributed by atoms with Crippen LogP contribution in [0.2, 0.25) is 0 Å². The van der Waals surface area contributed by atoms with Crippen molar-refractivity contribution in [2.45, 2.75) is 32.2 Å². The summed E-state index contributed by atoms with van der Waals surface area (Å²) in [5.74, 6) is -0.790. The standard InChI is InChI=1S/C15H19FN4O/c1-3-7-15(2,17)14(21)19-11-5-6-13(12(16)10-11)20-9-4-8-18-20/h4-6,8-10H,3,7,17H2,1-2H3,(H,19,21). The number of aromatic nitrogens is 2. The highest BCUT2D eigenvalue weighted by atomic mass is 19.1. The molecule has 1 amide bonds. The first-order chi connectivity index (χ1) is 9.94. The lowest BCUT2D eigenvalue weighted by atomic mass is 9.96. The van der Waals surface area contributed by atoms with Crippen LogP contribution in [0.4, 0.5) is 10.1 Å². The van der Waals surface area contributed by atoms with Gasteiger partial charge in [0.05, 0.1) is 5.54 Å². The van der Waals surface area contributed by atoms with Gasteiger partial charge >= 0.3 is 0 Å². The van der Waals surface area contributed by atoms with Gasteiger partial charge < -0.3 is 11.1 Å². The zero-order chi connectivity index (χ0) is 15.5. The Kier molecular flexibility index (Phi) is 4.37. The van der Waals surface area contributed by atoms with Gasteiger partial charge in [0.2, 0.25) is 5.91 Å². The van der Waals surface area contributed by atoms with Gasteiger partial charge in [-0.15, -0.1) is 0 Å². The number of hydrogen-bond acceptors (Lipinski definition) is 3. The first kappa shape index (κ1) is 15.2. The number of amides is 1. The molecule has 0 fully saturated rings. The highest BCUT2D eigenvalue weighted by molar-refractivity contribution is 5.97. The van der Waals surface area contributed by atoms with Gasteiger partial charge in [-0.2, -0.15) is 5.10 Å². The molecule has 0 aliphatic rings. The van der Waals surface area contributed by atoms with Gasteiger partial charge in [0, 0.05) is 18.1 Å². The van der Waals surface area contributed by atoms with E-state index >= 15 is 0 Å². The molecule has 2 aromatic rings. The van der Waals surface area contributed by atoms with Crippen LogP contribution in [0.3, 0.4) is 0 Å². The van der Waals surface area contributed by atoms with Crippen LogP contribution in [0.5, 0.6) is 0 Å². The third-order valence-corrected chi connectivity index (χ3v) is 3.24. The molecule has 0 radical (unpaired) electrons. The van der Waals surface area contributed by atoms with E-state index in [1.54, 1.807) is 37.5 Å². The van der Waals surface area contributed by atoms with Crippen LogP contribution in [0.15, 0.2) is 36.7 Å². The summed E-state index contributed by atoms with van der Waals surface area (Å²) in [6.45, 7) is 3.62. The molecular weight excluding hydrogens is 271 g/mol. The fourth-order valence-corrected chi connectivity index (χ4v) is 2.09. The van der Waals surface area contributed by atoms with Crippen molar-refractivity contribution in [3.05, 3.63) is 42.5 Å². The number of benzene rings is 1. The molecule has 2 rings (SSSR count). The molecule has 6 heteroatoms. The summed E-state index contributed by atoms with van der Waals surface area (Å²) in [4.78, 5) is 12.1. The molecule has 0 bridgehead atoms. The third kappa shape index (κ3) is 3.46. The number of hydrogen-bond donors (Lipinski definition) is 2. The number of nitrogens with zero attached hydrogens (tertiary/aromatic N) is 2. The second-order valence-electron chi connectivity index (χ2n) is 5.24. The number of carbonyl (C=O) groups is 1. The third-order valence-electron chi connectivity index (χ3n) is 3.24. The van der Waals surface area contributed by atoms with E-state index in [4.69, 9.17) is 5.73 Å². The molecule has 0 saturated carbocycles. The summed E-state index contributed by atoms with van der Waals surface area (Å²) in [5, 5.41) is 6.62. The molecule has 0 aliphatic carbocycles. The monoisotopic (exact) mass is 290 g/mol. The fourth-order valence-electron chi connectivity index (χ4n) is 2.09. The number of nitrogens with one attached hydrogen (secondary N) is 1. The highest BCUT2D eigenvalue weighted by Gasteiger charge is 2.27. The van der Waals surface area contributed by atoms with Crippen LogP contribution < -0.4 is 11.1 Å². The maximum atomic E-state index is 14.1. The summed E-state index contributed by atoms with van der Waals surface area (Å²) < 4.78 is 15.5. The normalized spacial score (nSPS) is 13.7. The summed E-state index contributed by atoms with van der Waals surface area (Å²) in [7, 11) is 0. The van der Waals surface area contributed by atoms with E-state index in [0.717, 1.165) is 6.42 Å². The zero-order valence-electron chi connectivity index (χ0n) is 12.1. The Bertz CT molecular complexity index is 623. The minimum atomic E-state index is -0.966. The van der Waals surface area contributed by atoms with Crippen LogP contribution in [0, 0.1) is 5.82 Å². The molecule has 21 heavy (non-hydrogen) atoms. The van der Waals surface area contributed by atoms with Crippen molar-refractivity contribution in [2.75, 3.05) is 5.32 Å². The quantitative estimate of drug-likeness (QED) is 0.888. The Morgan fingerprint density at radius 1 is 1.52 bits per heavy atom. The average molecular weight is 290 g/mol. The molecule has 1 heterocycles. The molecule has 0 saturated heterocycles. The van der Waals surface area contributed by atoms with Crippen LogP contribution in [-0.2, 0) is 4.79 Å². The number of anilines is 1. The van der Waals surface area contributed by atoms with E-state index in [2.05, 4.69) is 10.4 Å². The van der Waals surface area contributed by atoms with Crippen molar-refractivity contribution in [3.8, 4) is 5.69 Å². The van der Waals surface area contributed by atoms with Crippen molar-refractivity contribution in [3.63, 3.8) is 0 Å². The SMILES string of the molecule is CCCC(C)(N)C(=O)Nc1ccc(-n2cccn2)c(F)c1. The Balaban J connectivity index is 2.16. The lowest BCUT2D eigenvalue weighted by Gasteiger charge is -2.22. The first-order valence-corrected chi connectivity index (χ1v) is 6.84. The van der Waals surface area contributed by atoms with Gasteiger partial charge in [-0.05, 0) is 37.6 Å². The second-order valence-corrected chi connectivity index (χ2v) is 5.24. The number of rotatable bonds is 5. The molecule has 112 valence electrons. The minimum Gasteiger partial charge on any atom is -0.324 e. The van der Waals surface area contributed by atoms with E-state index < -0.39 is 11.4 Å². The Labute approximate surface area is 123 Å². The predicted octanol–water partition coefficient (Wildman–Crippen LogP) is 2.47. The van der Waals surface area contributed by atoms with Gasteiger partial charge in [0.15, 0.2) is 5.82 Å². The second kappa shape index (κ2) is 6.05. The maximum absolute atomic E-state index is 14.1. The van der Waals surface area contributed by atoms with Gasteiger partial charge in [-0.25, -0.2) is 9.07 Å². The van der Waals surface area contributed by atoms with E-state index in [1.807, 2.05) is 6.92 Å². The smallest absolute Gasteiger partial charge is 0.244 e. The molecule has 0 aliphatic heterocycles. The number of nitrogens with two attached hydrogens (primary N) is 1. The topological polar surface area (TPSA) is 72.9 Å². The Hall–Kier alpha value is -2.21. The van der Waals surface area contributed by atoms with Crippen molar-refractivity contribution < 1.29 is 9.18 Å². The Morgan fingerprint density at radius 2 is 2.29 bits per heavy atom. The van der Waals surface area contributed by atoms with Gasteiger partial charge in [-0.3, -0.25) is 4.79 Å². The van der Waals surface area contributed by atoms with Crippen molar-refractivity contribution >= 4 is 11.6 Å².